The zero-order valence-corrected chi connectivity index (χ0v) is 14.0. The van der Waals surface area contributed by atoms with Crippen LogP contribution in [0.1, 0.15) is 35.3 Å². The van der Waals surface area contributed by atoms with E-state index in [4.69, 9.17) is 11.6 Å². The van der Waals surface area contributed by atoms with Gasteiger partial charge in [-0.25, -0.2) is 0 Å². The highest BCUT2D eigenvalue weighted by Gasteiger charge is 2.15. The van der Waals surface area contributed by atoms with E-state index < -0.39 is 6.04 Å². The van der Waals surface area contributed by atoms with E-state index in [1.807, 2.05) is 0 Å². The Bertz CT molecular complexity index is 716. The van der Waals surface area contributed by atoms with Crippen molar-refractivity contribution in [1.29, 1.82) is 0 Å². The normalized spacial score (nSPS) is 11.6. The van der Waals surface area contributed by atoms with Crippen LogP contribution in [0.2, 0.25) is 5.02 Å². The summed E-state index contributed by atoms with van der Waals surface area (Å²) in [6.45, 7) is 1.52. The summed E-state index contributed by atoms with van der Waals surface area (Å²) >= 11 is 5.85. The van der Waals surface area contributed by atoms with Gasteiger partial charge in [-0.1, -0.05) is 36.7 Å². The fourth-order valence-corrected chi connectivity index (χ4v) is 2.28. The van der Waals surface area contributed by atoms with Crippen LogP contribution in [0, 0.1) is 0 Å². The first kappa shape index (κ1) is 18.0. The number of aliphatic hydroxyl groups is 1. The van der Waals surface area contributed by atoms with Crippen LogP contribution in [0.4, 0.5) is 5.69 Å². The highest BCUT2D eigenvalue weighted by Crippen LogP contribution is 2.18. The number of carbonyl (C=O) groups is 2. The second kappa shape index (κ2) is 8.47. The van der Waals surface area contributed by atoms with Crippen LogP contribution in [0.5, 0.6) is 0 Å². The molecule has 0 aliphatic rings. The van der Waals surface area contributed by atoms with Gasteiger partial charge in [-0.15, -0.1) is 0 Å². The third kappa shape index (κ3) is 4.81. The van der Waals surface area contributed by atoms with Crippen molar-refractivity contribution in [3.05, 3.63) is 64.7 Å². The van der Waals surface area contributed by atoms with Crippen molar-refractivity contribution in [2.45, 2.75) is 19.4 Å². The van der Waals surface area contributed by atoms with Gasteiger partial charge in [0.15, 0.2) is 0 Å². The first-order valence-electron chi connectivity index (χ1n) is 7.60. The van der Waals surface area contributed by atoms with Crippen LogP contribution in [0.15, 0.2) is 48.5 Å². The predicted molar refractivity (Wildman–Crippen MR) is 94.1 cm³/mol. The highest BCUT2D eigenvalue weighted by molar-refractivity contribution is 6.30. The van der Waals surface area contributed by atoms with Crippen molar-refractivity contribution in [2.24, 2.45) is 0 Å². The van der Waals surface area contributed by atoms with Crippen LogP contribution in [0.25, 0.3) is 0 Å². The zero-order valence-electron chi connectivity index (χ0n) is 13.3. The number of hydrogen-bond acceptors (Lipinski definition) is 3. The van der Waals surface area contributed by atoms with Gasteiger partial charge in [0.05, 0.1) is 12.6 Å². The Morgan fingerprint density at radius 3 is 2.50 bits per heavy atom. The third-order valence-corrected chi connectivity index (χ3v) is 3.74. The van der Waals surface area contributed by atoms with Gasteiger partial charge in [-0.3, -0.25) is 9.59 Å². The van der Waals surface area contributed by atoms with Gasteiger partial charge < -0.3 is 15.7 Å². The minimum Gasteiger partial charge on any atom is -0.394 e. The minimum atomic E-state index is -0.538. The molecule has 2 aromatic rings. The number of aliphatic hydroxyl groups excluding tert-OH is 1. The lowest BCUT2D eigenvalue weighted by molar-refractivity contribution is -0.115. The van der Waals surface area contributed by atoms with Crippen molar-refractivity contribution in [3.63, 3.8) is 0 Å². The molecule has 24 heavy (non-hydrogen) atoms. The van der Waals surface area contributed by atoms with Crippen LogP contribution in [-0.4, -0.2) is 23.5 Å². The average Bonchev–Trinajstić information content (AvgIpc) is 2.60. The lowest BCUT2D eigenvalue weighted by Gasteiger charge is -2.17. The van der Waals surface area contributed by atoms with Crippen LogP contribution >= 0.6 is 11.6 Å². The molecule has 0 aromatic heterocycles. The largest absolute Gasteiger partial charge is 0.394 e. The van der Waals surface area contributed by atoms with Crippen LogP contribution in [-0.2, 0) is 4.79 Å². The molecule has 2 rings (SSSR count). The predicted octanol–water partition coefficient (Wildman–Crippen LogP) is 3.15. The average molecular weight is 347 g/mol. The summed E-state index contributed by atoms with van der Waals surface area (Å²) in [5.41, 5.74) is 1.71. The van der Waals surface area contributed by atoms with Crippen LogP contribution < -0.4 is 10.6 Å². The Balaban J connectivity index is 2.11. The maximum Gasteiger partial charge on any atom is 0.251 e. The molecule has 1 atom stereocenters. The second-order valence-electron chi connectivity index (χ2n) is 5.24. The zero-order chi connectivity index (χ0) is 17.5. The summed E-state index contributed by atoms with van der Waals surface area (Å²) in [7, 11) is 0. The van der Waals surface area contributed by atoms with E-state index in [9.17, 15) is 14.7 Å². The summed E-state index contributed by atoms with van der Waals surface area (Å²) < 4.78 is 0. The van der Waals surface area contributed by atoms with Gasteiger partial charge in [0.1, 0.15) is 0 Å². The highest BCUT2D eigenvalue weighted by atomic mass is 35.5. The molecular formula is C18H19ClN2O3. The molecular weight excluding hydrogens is 328 g/mol. The van der Waals surface area contributed by atoms with Crippen LogP contribution in [0.3, 0.4) is 0 Å². The van der Waals surface area contributed by atoms with E-state index in [0.717, 1.165) is 5.56 Å². The van der Waals surface area contributed by atoms with E-state index in [1.165, 1.54) is 0 Å². The lowest BCUT2D eigenvalue weighted by Crippen LogP contribution is -2.30. The molecule has 0 saturated heterocycles. The number of carbonyl (C=O) groups excluding carboxylic acids is 2. The molecule has 0 aliphatic heterocycles. The topological polar surface area (TPSA) is 78.4 Å². The first-order valence-corrected chi connectivity index (χ1v) is 7.98. The number of halogens is 1. The third-order valence-electron chi connectivity index (χ3n) is 3.49. The molecule has 1 unspecified atom stereocenters. The van der Waals surface area contributed by atoms with E-state index in [-0.39, 0.29) is 18.4 Å². The summed E-state index contributed by atoms with van der Waals surface area (Å²) in [6, 6.07) is 13.0. The lowest BCUT2D eigenvalue weighted by atomic mass is 10.1. The van der Waals surface area contributed by atoms with E-state index in [0.29, 0.717) is 22.7 Å². The summed E-state index contributed by atoms with van der Waals surface area (Å²) in [4.78, 5) is 23.8. The number of nitrogens with one attached hydrogen (secondary N) is 2. The molecule has 0 spiro atoms. The molecule has 5 nitrogen and oxygen atoms in total. The molecule has 6 heteroatoms. The molecule has 0 heterocycles. The van der Waals surface area contributed by atoms with E-state index in [2.05, 4.69) is 10.6 Å². The second-order valence-corrected chi connectivity index (χ2v) is 5.68. The van der Waals surface area contributed by atoms with Crippen molar-refractivity contribution in [3.8, 4) is 0 Å². The summed E-state index contributed by atoms with van der Waals surface area (Å²) in [5, 5.41) is 15.6. The first-order chi connectivity index (χ1) is 11.5. The quantitative estimate of drug-likeness (QED) is 0.751. The number of benzene rings is 2. The minimum absolute atomic E-state index is 0.123. The Labute approximate surface area is 145 Å². The Hall–Kier alpha value is -2.37. The van der Waals surface area contributed by atoms with Gasteiger partial charge in [0.2, 0.25) is 5.91 Å². The number of amides is 2. The fourth-order valence-electron chi connectivity index (χ4n) is 2.16. The standard InChI is InChI=1S/C18H19ClN2O3/c1-2-17(23)20-15-5-3-4-13(10-15)18(24)21-16(11-22)12-6-8-14(19)9-7-12/h3-10,16,22H,2,11H2,1H3,(H,20,23)(H,21,24). The van der Waals surface area contributed by atoms with E-state index in [1.54, 1.807) is 55.5 Å². The molecule has 0 saturated carbocycles. The Kier molecular flexibility index (Phi) is 6.35. The van der Waals surface area contributed by atoms with Gasteiger partial charge >= 0.3 is 0 Å². The molecule has 0 bridgehead atoms. The molecule has 126 valence electrons. The molecule has 0 aliphatic carbocycles. The number of anilines is 1. The summed E-state index contributed by atoms with van der Waals surface area (Å²) in [6.07, 6.45) is 0.361. The number of rotatable bonds is 6. The van der Waals surface area contributed by atoms with Gasteiger partial charge in [-0.2, -0.15) is 0 Å². The van der Waals surface area contributed by atoms with Crippen molar-refractivity contribution in [2.75, 3.05) is 11.9 Å². The Morgan fingerprint density at radius 1 is 1.17 bits per heavy atom. The summed E-state index contributed by atoms with van der Waals surface area (Å²) in [5.74, 6) is -0.460. The smallest absolute Gasteiger partial charge is 0.251 e. The van der Waals surface area contributed by atoms with Gasteiger partial charge in [0.25, 0.3) is 5.91 Å². The molecule has 0 fully saturated rings. The van der Waals surface area contributed by atoms with Gasteiger partial charge in [-0.05, 0) is 35.9 Å². The SMILES string of the molecule is CCC(=O)Nc1cccc(C(=O)NC(CO)c2ccc(Cl)cc2)c1. The van der Waals surface area contributed by atoms with Crippen molar-refractivity contribution >= 4 is 29.1 Å². The molecule has 3 N–H and O–H groups in total. The number of hydrogen-bond donors (Lipinski definition) is 3. The van der Waals surface area contributed by atoms with E-state index >= 15 is 0 Å². The molecule has 2 amide bonds. The Morgan fingerprint density at radius 2 is 1.88 bits per heavy atom. The molecule has 2 aromatic carbocycles. The maximum atomic E-state index is 12.4. The molecule has 0 radical (unpaired) electrons. The van der Waals surface area contributed by atoms with Crippen molar-refractivity contribution < 1.29 is 14.7 Å². The van der Waals surface area contributed by atoms with Gasteiger partial charge in [0, 0.05) is 22.7 Å². The fraction of sp³-hybridized carbons (Fsp3) is 0.222. The maximum absolute atomic E-state index is 12.4. The van der Waals surface area contributed by atoms with Crippen molar-refractivity contribution in [1.82, 2.24) is 5.32 Å². The monoisotopic (exact) mass is 346 g/mol.